The van der Waals surface area contributed by atoms with Gasteiger partial charge in [-0.3, -0.25) is 0 Å². The van der Waals surface area contributed by atoms with E-state index in [1.54, 1.807) is 0 Å². The highest BCUT2D eigenvalue weighted by Crippen LogP contribution is 2.20. The molecule has 88 valence electrons. The van der Waals surface area contributed by atoms with Crippen LogP contribution in [0.1, 0.15) is 38.5 Å². The Morgan fingerprint density at radius 1 is 1.07 bits per heavy atom. The van der Waals surface area contributed by atoms with Crippen LogP contribution in [-0.2, 0) is 4.74 Å². The lowest BCUT2D eigenvalue weighted by Gasteiger charge is -2.27. The average Bonchev–Trinajstić information content (AvgIpc) is 2.66. The molecule has 3 nitrogen and oxygen atoms in total. The Labute approximate surface area is 93.0 Å². The van der Waals surface area contributed by atoms with E-state index >= 15 is 0 Å². The number of likely N-dealkylation sites (tertiary alicyclic amines) is 1. The monoisotopic (exact) mass is 212 g/mol. The fraction of sp³-hybridized carbons (Fsp3) is 1.00. The van der Waals surface area contributed by atoms with Crippen LogP contribution in [0.25, 0.3) is 0 Å². The maximum absolute atomic E-state index is 5.96. The van der Waals surface area contributed by atoms with Crippen molar-refractivity contribution in [2.24, 2.45) is 5.73 Å². The van der Waals surface area contributed by atoms with Crippen LogP contribution in [0.15, 0.2) is 0 Å². The first-order valence-corrected chi connectivity index (χ1v) is 6.46. The summed E-state index contributed by atoms with van der Waals surface area (Å²) >= 11 is 0. The molecule has 0 radical (unpaired) electrons. The van der Waals surface area contributed by atoms with E-state index in [0.29, 0.717) is 12.1 Å². The standard InChI is InChI=1S/C12H24N2O/c13-11-5-4-6-12(11)15-10-9-14-7-2-1-3-8-14/h11-12H,1-10,13H2. The lowest BCUT2D eigenvalue weighted by atomic mass is 10.1. The van der Waals surface area contributed by atoms with Crippen molar-refractivity contribution in [3.63, 3.8) is 0 Å². The predicted molar refractivity (Wildman–Crippen MR) is 61.9 cm³/mol. The molecule has 1 heterocycles. The van der Waals surface area contributed by atoms with Gasteiger partial charge in [0, 0.05) is 12.6 Å². The summed E-state index contributed by atoms with van der Waals surface area (Å²) in [5, 5.41) is 0. The van der Waals surface area contributed by atoms with E-state index in [4.69, 9.17) is 10.5 Å². The Balaban J connectivity index is 1.57. The number of rotatable bonds is 4. The van der Waals surface area contributed by atoms with Crippen LogP contribution in [0, 0.1) is 0 Å². The van der Waals surface area contributed by atoms with E-state index < -0.39 is 0 Å². The minimum Gasteiger partial charge on any atom is -0.375 e. The van der Waals surface area contributed by atoms with Crippen LogP contribution in [-0.4, -0.2) is 43.3 Å². The van der Waals surface area contributed by atoms with Gasteiger partial charge in [0.05, 0.1) is 12.7 Å². The summed E-state index contributed by atoms with van der Waals surface area (Å²) in [5.41, 5.74) is 5.96. The predicted octanol–water partition coefficient (Wildman–Crippen LogP) is 1.37. The fourth-order valence-corrected chi connectivity index (χ4v) is 2.68. The molecule has 2 aliphatic rings. The van der Waals surface area contributed by atoms with Gasteiger partial charge in [0.25, 0.3) is 0 Å². The molecule has 1 aliphatic carbocycles. The molecule has 0 aromatic carbocycles. The number of ether oxygens (including phenoxy) is 1. The Morgan fingerprint density at radius 3 is 2.53 bits per heavy atom. The molecule has 3 heteroatoms. The van der Waals surface area contributed by atoms with Crippen LogP contribution in [0.5, 0.6) is 0 Å². The van der Waals surface area contributed by atoms with Gasteiger partial charge in [0.2, 0.25) is 0 Å². The number of piperidine rings is 1. The van der Waals surface area contributed by atoms with Crippen molar-refractivity contribution in [2.45, 2.75) is 50.7 Å². The molecule has 2 unspecified atom stereocenters. The third-order valence-electron chi connectivity index (χ3n) is 3.69. The van der Waals surface area contributed by atoms with Gasteiger partial charge in [-0.15, -0.1) is 0 Å². The van der Waals surface area contributed by atoms with Gasteiger partial charge >= 0.3 is 0 Å². The Morgan fingerprint density at radius 2 is 1.87 bits per heavy atom. The topological polar surface area (TPSA) is 38.5 Å². The maximum atomic E-state index is 5.96. The Kier molecular flexibility index (Phi) is 4.42. The molecule has 15 heavy (non-hydrogen) atoms. The summed E-state index contributed by atoms with van der Waals surface area (Å²) in [4.78, 5) is 2.52. The summed E-state index contributed by atoms with van der Waals surface area (Å²) in [7, 11) is 0. The third-order valence-corrected chi connectivity index (χ3v) is 3.69. The van der Waals surface area contributed by atoms with Crippen LogP contribution in [0.4, 0.5) is 0 Å². The minimum atomic E-state index is 0.298. The van der Waals surface area contributed by atoms with Gasteiger partial charge in [-0.1, -0.05) is 6.42 Å². The van der Waals surface area contributed by atoms with Crippen LogP contribution in [0.3, 0.4) is 0 Å². The van der Waals surface area contributed by atoms with Gasteiger partial charge in [-0.2, -0.15) is 0 Å². The molecule has 2 fully saturated rings. The second kappa shape index (κ2) is 5.83. The van der Waals surface area contributed by atoms with E-state index in [1.165, 1.54) is 45.2 Å². The zero-order valence-electron chi connectivity index (χ0n) is 9.66. The zero-order valence-corrected chi connectivity index (χ0v) is 9.66. The average molecular weight is 212 g/mol. The number of hydrogen-bond acceptors (Lipinski definition) is 3. The van der Waals surface area contributed by atoms with Crippen LogP contribution in [0.2, 0.25) is 0 Å². The first kappa shape index (κ1) is 11.4. The van der Waals surface area contributed by atoms with Crippen molar-refractivity contribution >= 4 is 0 Å². The summed E-state index contributed by atoms with van der Waals surface area (Å²) in [6, 6.07) is 0.298. The molecular formula is C12H24N2O. The molecule has 0 aromatic rings. The van der Waals surface area contributed by atoms with Crippen molar-refractivity contribution in [3.8, 4) is 0 Å². The highest BCUT2D eigenvalue weighted by atomic mass is 16.5. The maximum Gasteiger partial charge on any atom is 0.0726 e. The highest BCUT2D eigenvalue weighted by Gasteiger charge is 2.24. The zero-order chi connectivity index (χ0) is 10.5. The molecule has 2 rings (SSSR count). The first-order chi connectivity index (χ1) is 7.36. The Bertz CT molecular complexity index is 180. The molecule has 0 spiro atoms. The van der Waals surface area contributed by atoms with E-state index in [-0.39, 0.29) is 0 Å². The smallest absolute Gasteiger partial charge is 0.0726 e. The van der Waals surface area contributed by atoms with Gasteiger partial charge in [0.1, 0.15) is 0 Å². The van der Waals surface area contributed by atoms with Crippen molar-refractivity contribution < 1.29 is 4.74 Å². The molecular weight excluding hydrogens is 188 g/mol. The second-order valence-electron chi connectivity index (χ2n) is 4.91. The third kappa shape index (κ3) is 3.44. The normalized spacial score (nSPS) is 33.4. The molecule has 2 N–H and O–H groups in total. The molecule has 1 aliphatic heterocycles. The minimum absolute atomic E-state index is 0.298. The van der Waals surface area contributed by atoms with Gasteiger partial charge in [0.15, 0.2) is 0 Å². The number of hydrogen-bond donors (Lipinski definition) is 1. The van der Waals surface area contributed by atoms with E-state index in [9.17, 15) is 0 Å². The lowest BCUT2D eigenvalue weighted by Crippen LogP contribution is -2.36. The summed E-state index contributed by atoms with van der Waals surface area (Å²) < 4.78 is 5.85. The van der Waals surface area contributed by atoms with E-state index in [0.717, 1.165) is 19.6 Å². The summed E-state index contributed by atoms with van der Waals surface area (Å²) in [5.74, 6) is 0. The molecule has 0 bridgehead atoms. The van der Waals surface area contributed by atoms with Crippen LogP contribution >= 0.6 is 0 Å². The second-order valence-corrected chi connectivity index (χ2v) is 4.91. The van der Waals surface area contributed by atoms with Gasteiger partial charge in [-0.05, 0) is 45.2 Å². The number of nitrogens with two attached hydrogens (primary N) is 1. The summed E-state index contributed by atoms with van der Waals surface area (Å²) in [6.07, 6.45) is 8.04. The molecule has 1 saturated heterocycles. The SMILES string of the molecule is NC1CCCC1OCCN1CCCCC1. The highest BCUT2D eigenvalue weighted by molar-refractivity contribution is 4.80. The Hall–Kier alpha value is -0.120. The quantitative estimate of drug-likeness (QED) is 0.765. The molecule has 2 atom stereocenters. The molecule has 1 saturated carbocycles. The van der Waals surface area contributed by atoms with Crippen LogP contribution < -0.4 is 5.73 Å². The van der Waals surface area contributed by atoms with Gasteiger partial charge < -0.3 is 15.4 Å². The van der Waals surface area contributed by atoms with Gasteiger partial charge in [-0.25, -0.2) is 0 Å². The summed E-state index contributed by atoms with van der Waals surface area (Å²) in [6.45, 7) is 4.50. The van der Waals surface area contributed by atoms with Crippen molar-refractivity contribution in [1.29, 1.82) is 0 Å². The largest absolute Gasteiger partial charge is 0.375 e. The van der Waals surface area contributed by atoms with Crippen molar-refractivity contribution in [2.75, 3.05) is 26.2 Å². The van der Waals surface area contributed by atoms with E-state index in [1.807, 2.05) is 0 Å². The first-order valence-electron chi connectivity index (χ1n) is 6.46. The van der Waals surface area contributed by atoms with Crippen molar-refractivity contribution in [1.82, 2.24) is 4.90 Å². The molecule has 0 amide bonds. The van der Waals surface area contributed by atoms with E-state index in [2.05, 4.69) is 4.90 Å². The number of nitrogens with zero attached hydrogens (tertiary/aromatic N) is 1. The lowest BCUT2D eigenvalue weighted by molar-refractivity contribution is 0.0303. The molecule has 0 aromatic heterocycles. The van der Waals surface area contributed by atoms with Crippen molar-refractivity contribution in [3.05, 3.63) is 0 Å². The fourth-order valence-electron chi connectivity index (χ4n) is 2.68.